The lowest BCUT2D eigenvalue weighted by Crippen LogP contribution is -2.03. The van der Waals surface area contributed by atoms with Crippen molar-refractivity contribution in [3.05, 3.63) is 83.4 Å². The molecule has 0 saturated carbocycles. The summed E-state index contributed by atoms with van der Waals surface area (Å²) in [5.41, 5.74) is 3.68. The zero-order chi connectivity index (χ0) is 16.4. The largest absolute Gasteiger partial charge is 0.508 e. The van der Waals surface area contributed by atoms with Crippen LogP contribution in [0.25, 0.3) is 11.1 Å². The Morgan fingerprint density at radius 2 is 1.52 bits per heavy atom. The van der Waals surface area contributed by atoms with Crippen molar-refractivity contribution in [2.75, 3.05) is 0 Å². The minimum absolute atomic E-state index is 0.0449. The van der Waals surface area contributed by atoms with Gasteiger partial charge in [0.2, 0.25) is 0 Å². The molecule has 0 bridgehead atoms. The van der Waals surface area contributed by atoms with Gasteiger partial charge >= 0.3 is 0 Å². The molecule has 3 aromatic carbocycles. The lowest BCUT2D eigenvalue weighted by molar-refractivity contribution is 0.103. The molecule has 2 N–H and O–H groups in total. The SMILES string of the molecule is Cc1cccc(-c2ccc(O)cc2C(=O)c2ccc(O)cc2)c1. The van der Waals surface area contributed by atoms with Crippen LogP contribution in [0, 0.1) is 6.92 Å². The summed E-state index contributed by atoms with van der Waals surface area (Å²) >= 11 is 0. The van der Waals surface area contributed by atoms with Gasteiger partial charge in [-0.2, -0.15) is 0 Å². The molecule has 114 valence electrons. The molecule has 3 aromatic rings. The molecule has 0 aliphatic heterocycles. The van der Waals surface area contributed by atoms with Crippen molar-refractivity contribution >= 4 is 5.78 Å². The summed E-state index contributed by atoms with van der Waals surface area (Å²) in [4.78, 5) is 12.8. The van der Waals surface area contributed by atoms with Gasteiger partial charge < -0.3 is 10.2 Å². The zero-order valence-electron chi connectivity index (χ0n) is 12.7. The molecule has 0 fully saturated rings. The smallest absolute Gasteiger partial charge is 0.193 e. The number of phenols is 2. The van der Waals surface area contributed by atoms with E-state index in [0.29, 0.717) is 11.1 Å². The quantitative estimate of drug-likeness (QED) is 0.709. The molecule has 0 amide bonds. The second kappa shape index (κ2) is 5.97. The van der Waals surface area contributed by atoms with Gasteiger partial charge in [0.05, 0.1) is 0 Å². The second-order valence-corrected chi connectivity index (χ2v) is 5.48. The van der Waals surface area contributed by atoms with Crippen molar-refractivity contribution in [3.63, 3.8) is 0 Å². The van der Waals surface area contributed by atoms with Crippen LogP contribution in [0.5, 0.6) is 11.5 Å². The monoisotopic (exact) mass is 304 g/mol. The van der Waals surface area contributed by atoms with Gasteiger partial charge in [-0.25, -0.2) is 0 Å². The van der Waals surface area contributed by atoms with Crippen LogP contribution in [0.1, 0.15) is 21.5 Å². The molecular weight excluding hydrogens is 288 g/mol. The first-order valence-electron chi connectivity index (χ1n) is 7.28. The molecule has 0 radical (unpaired) electrons. The molecule has 0 aromatic heterocycles. The molecule has 3 rings (SSSR count). The normalized spacial score (nSPS) is 10.5. The number of benzene rings is 3. The molecule has 0 aliphatic carbocycles. The number of aromatic hydroxyl groups is 2. The fourth-order valence-electron chi connectivity index (χ4n) is 2.55. The van der Waals surface area contributed by atoms with E-state index in [1.54, 1.807) is 24.3 Å². The van der Waals surface area contributed by atoms with Crippen molar-refractivity contribution in [2.45, 2.75) is 6.92 Å². The van der Waals surface area contributed by atoms with Crippen molar-refractivity contribution in [3.8, 4) is 22.6 Å². The Balaban J connectivity index is 2.13. The lowest BCUT2D eigenvalue weighted by Gasteiger charge is -2.11. The van der Waals surface area contributed by atoms with E-state index < -0.39 is 0 Å². The standard InChI is InChI=1S/C20H16O3/c1-13-3-2-4-15(11-13)18-10-9-17(22)12-19(18)20(23)14-5-7-16(21)8-6-14/h2-12,21-22H,1H3. The van der Waals surface area contributed by atoms with E-state index in [4.69, 9.17) is 0 Å². The zero-order valence-corrected chi connectivity index (χ0v) is 12.7. The fourth-order valence-corrected chi connectivity index (χ4v) is 2.55. The summed E-state index contributed by atoms with van der Waals surface area (Å²) in [6.45, 7) is 1.99. The van der Waals surface area contributed by atoms with E-state index in [9.17, 15) is 15.0 Å². The van der Waals surface area contributed by atoms with E-state index >= 15 is 0 Å². The first kappa shape index (κ1) is 14.9. The van der Waals surface area contributed by atoms with Gasteiger partial charge in [0.15, 0.2) is 5.78 Å². The van der Waals surface area contributed by atoms with Gasteiger partial charge in [0.25, 0.3) is 0 Å². The molecule has 0 aliphatic rings. The number of carbonyl (C=O) groups excluding carboxylic acids is 1. The Morgan fingerprint density at radius 1 is 0.826 bits per heavy atom. The fraction of sp³-hybridized carbons (Fsp3) is 0.0500. The third-order valence-corrected chi connectivity index (χ3v) is 3.71. The van der Waals surface area contributed by atoms with Crippen LogP contribution >= 0.6 is 0 Å². The van der Waals surface area contributed by atoms with Crippen molar-refractivity contribution in [1.82, 2.24) is 0 Å². The third kappa shape index (κ3) is 3.09. The minimum atomic E-state index is -0.197. The molecule has 3 nitrogen and oxygen atoms in total. The topological polar surface area (TPSA) is 57.5 Å². The number of ketones is 1. The van der Waals surface area contributed by atoms with Gasteiger partial charge in [-0.15, -0.1) is 0 Å². The Bertz CT molecular complexity index is 864. The van der Waals surface area contributed by atoms with E-state index in [1.165, 1.54) is 18.2 Å². The summed E-state index contributed by atoms with van der Waals surface area (Å²) in [7, 11) is 0. The van der Waals surface area contributed by atoms with Crippen LogP contribution in [0.3, 0.4) is 0 Å². The average molecular weight is 304 g/mol. The molecule has 0 spiro atoms. The summed E-state index contributed by atoms with van der Waals surface area (Å²) < 4.78 is 0. The summed E-state index contributed by atoms with van der Waals surface area (Å²) in [6, 6.07) is 18.8. The first-order valence-corrected chi connectivity index (χ1v) is 7.28. The predicted octanol–water partition coefficient (Wildman–Crippen LogP) is 4.30. The highest BCUT2D eigenvalue weighted by Crippen LogP contribution is 2.29. The molecule has 0 unspecified atom stereocenters. The van der Waals surface area contributed by atoms with Gasteiger partial charge in [-0.3, -0.25) is 4.79 Å². The number of hydrogen-bond acceptors (Lipinski definition) is 3. The number of aryl methyl sites for hydroxylation is 1. The Morgan fingerprint density at radius 3 is 2.22 bits per heavy atom. The van der Waals surface area contributed by atoms with Crippen molar-refractivity contribution in [2.24, 2.45) is 0 Å². The first-order chi connectivity index (χ1) is 11.0. The Kier molecular flexibility index (Phi) is 3.85. The van der Waals surface area contributed by atoms with Gasteiger partial charge in [-0.05, 0) is 60.5 Å². The van der Waals surface area contributed by atoms with E-state index in [2.05, 4.69) is 0 Å². The van der Waals surface area contributed by atoms with Gasteiger partial charge in [-0.1, -0.05) is 29.8 Å². The highest BCUT2D eigenvalue weighted by Gasteiger charge is 2.16. The summed E-state index contributed by atoms with van der Waals surface area (Å²) in [6.07, 6.45) is 0. The van der Waals surface area contributed by atoms with Crippen molar-refractivity contribution in [1.29, 1.82) is 0 Å². The predicted molar refractivity (Wildman–Crippen MR) is 89.8 cm³/mol. The molecule has 0 saturated heterocycles. The van der Waals surface area contributed by atoms with Gasteiger partial charge in [0, 0.05) is 11.1 Å². The minimum Gasteiger partial charge on any atom is -0.508 e. The molecule has 0 atom stereocenters. The maximum atomic E-state index is 12.8. The number of carbonyl (C=O) groups is 1. The highest BCUT2D eigenvalue weighted by molar-refractivity contribution is 6.13. The van der Waals surface area contributed by atoms with E-state index in [-0.39, 0.29) is 17.3 Å². The van der Waals surface area contributed by atoms with Gasteiger partial charge in [0.1, 0.15) is 11.5 Å². The average Bonchev–Trinajstić information content (AvgIpc) is 2.55. The van der Waals surface area contributed by atoms with E-state index in [0.717, 1.165) is 16.7 Å². The van der Waals surface area contributed by atoms with Crippen LogP contribution in [-0.2, 0) is 0 Å². The maximum absolute atomic E-state index is 12.8. The lowest BCUT2D eigenvalue weighted by atomic mass is 9.93. The molecule has 0 heterocycles. The maximum Gasteiger partial charge on any atom is 0.193 e. The number of phenolic OH excluding ortho intramolecular Hbond substituents is 2. The van der Waals surface area contributed by atoms with Crippen LogP contribution in [0.4, 0.5) is 0 Å². The molecule has 3 heteroatoms. The van der Waals surface area contributed by atoms with Crippen LogP contribution in [-0.4, -0.2) is 16.0 Å². The second-order valence-electron chi connectivity index (χ2n) is 5.48. The van der Waals surface area contributed by atoms with E-state index in [1.807, 2.05) is 31.2 Å². The molecular formula is C20H16O3. The summed E-state index contributed by atoms with van der Waals surface area (Å²) in [5.74, 6) is -0.0442. The van der Waals surface area contributed by atoms with Crippen LogP contribution < -0.4 is 0 Å². The highest BCUT2D eigenvalue weighted by atomic mass is 16.3. The number of hydrogen-bond donors (Lipinski definition) is 2. The Hall–Kier alpha value is -3.07. The van der Waals surface area contributed by atoms with Crippen molar-refractivity contribution < 1.29 is 15.0 Å². The third-order valence-electron chi connectivity index (χ3n) is 3.71. The summed E-state index contributed by atoms with van der Waals surface area (Å²) in [5, 5.41) is 19.2. The molecule has 23 heavy (non-hydrogen) atoms. The number of rotatable bonds is 3. The van der Waals surface area contributed by atoms with Crippen LogP contribution in [0.15, 0.2) is 66.7 Å². The Labute approximate surface area is 134 Å². The van der Waals surface area contributed by atoms with Crippen LogP contribution in [0.2, 0.25) is 0 Å².